The Kier molecular flexibility index (Phi) is 2.27. The van der Waals surface area contributed by atoms with Crippen molar-refractivity contribution in [1.82, 2.24) is 4.90 Å². The molecule has 76 valence electrons. The highest BCUT2D eigenvalue weighted by atomic mass is 16.2. The van der Waals surface area contributed by atoms with Gasteiger partial charge in [0.1, 0.15) is 0 Å². The SMILES string of the molecule is N=CC1=C(N)CCN(CC2CC2)C1=O. The molecule has 0 radical (unpaired) electrons. The van der Waals surface area contributed by atoms with Crippen LogP contribution in [0, 0.1) is 11.3 Å². The van der Waals surface area contributed by atoms with Gasteiger partial charge in [-0.3, -0.25) is 4.79 Å². The smallest absolute Gasteiger partial charge is 0.257 e. The number of nitrogens with two attached hydrogens (primary N) is 1. The number of amides is 1. The average Bonchev–Trinajstić information content (AvgIpc) is 2.95. The Balaban J connectivity index is 2.09. The van der Waals surface area contributed by atoms with E-state index in [-0.39, 0.29) is 5.91 Å². The van der Waals surface area contributed by atoms with Gasteiger partial charge in [0.05, 0.1) is 5.57 Å². The molecule has 2 aliphatic rings. The molecule has 0 atom stereocenters. The fourth-order valence-electron chi connectivity index (χ4n) is 1.74. The molecule has 0 bridgehead atoms. The second kappa shape index (κ2) is 3.44. The minimum Gasteiger partial charge on any atom is -0.401 e. The van der Waals surface area contributed by atoms with Crippen LogP contribution in [0.2, 0.25) is 0 Å². The highest BCUT2D eigenvalue weighted by molar-refractivity contribution is 6.12. The molecule has 1 aliphatic carbocycles. The van der Waals surface area contributed by atoms with Crippen LogP contribution in [0.3, 0.4) is 0 Å². The number of carbonyl (C=O) groups is 1. The molecule has 0 aromatic rings. The fourth-order valence-corrected chi connectivity index (χ4v) is 1.74. The van der Waals surface area contributed by atoms with Gasteiger partial charge in [0.2, 0.25) is 0 Å². The van der Waals surface area contributed by atoms with Crippen molar-refractivity contribution in [2.24, 2.45) is 11.7 Å². The molecule has 0 unspecified atom stereocenters. The molecule has 0 spiro atoms. The number of nitrogens with zero attached hydrogens (tertiary/aromatic N) is 1. The Hall–Kier alpha value is -1.32. The summed E-state index contributed by atoms with van der Waals surface area (Å²) in [7, 11) is 0. The molecule has 0 aromatic heterocycles. The van der Waals surface area contributed by atoms with E-state index in [2.05, 4.69) is 0 Å². The van der Waals surface area contributed by atoms with Gasteiger partial charge in [-0.2, -0.15) is 0 Å². The molecular formula is C10H15N3O. The molecule has 1 heterocycles. The zero-order valence-corrected chi connectivity index (χ0v) is 8.12. The lowest BCUT2D eigenvalue weighted by molar-refractivity contribution is -0.127. The van der Waals surface area contributed by atoms with Gasteiger partial charge >= 0.3 is 0 Å². The Morgan fingerprint density at radius 1 is 1.57 bits per heavy atom. The zero-order chi connectivity index (χ0) is 10.1. The molecule has 0 saturated heterocycles. The maximum atomic E-state index is 11.8. The first-order valence-electron chi connectivity index (χ1n) is 5.00. The van der Waals surface area contributed by atoms with E-state index in [0.717, 1.165) is 19.3 Å². The normalized spacial score (nSPS) is 22.9. The van der Waals surface area contributed by atoms with Crippen LogP contribution in [-0.2, 0) is 4.79 Å². The first-order valence-corrected chi connectivity index (χ1v) is 5.00. The third kappa shape index (κ3) is 1.64. The van der Waals surface area contributed by atoms with Crippen LogP contribution < -0.4 is 5.73 Å². The predicted octanol–water partition coefficient (Wildman–Crippen LogP) is 0.491. The van der Waals surface area contributed by atoms with Crippen LogP contribution in [0.25, 0.3) is 0 Å². The lowest BCUT2D eigenvalue weighted by Crippen LogP contribution is -2.40. The van der Waals surface area contributed by atoms with Gasteiger partial charge in [-0.1, -0.05) is 0 Å². The fraction of sp³-hybridized carbons (Fsp3) is 0.600. The molecule has 1 fully saturated rings. The number of nitrogens with one attached hydrogen (secondary N) is 1. The maximum absolute atomic E-state index is 11.8. The number of rotatable bonds is 3. The Labute approximate surface area is 83.3 Å². The zero-order valence-electron chi connectivity index (χ0n) is 8.12. The van der Waals surface area contributed by atoms with Crippen LogP contribution >= 0.6 is 0 Å². The average molecular weight is 193 g/mol. The van der Waals surface area contributed by atoms with Crippen molar-refractivity contribution in [3.8, 4) is 0 Å². The minimum absolute atomic E-state index is 0.0596. The largest absolute Gasteiger partial charge is 0.401 e. The van der Waals surface area contributed by atoms with Gasteiger partial charge in [0, 0.05) is 31.4 Å². The van der Waals surface area contributed by atoms with Gasteiger partial charge in [0.25, 0.3) is 5.91 Å². The number of carbonyl (C=O) groups excluding carboxylic acids is 1. The molecule has 3 N–H and O–H groups in total. The topological polar surface area (TPSA) is 70.2 Å². The van der Waals surface area contributed by atoms with E-state index in [9.17, 15) is 4.79 Å². The highest BCUT2D eigenvalue weighted by Crippen LogP contribution is 2.31. The van der Waals surface area contributed by atoms with Crippen molar-refractivity contribution < 1.29 is 4.79 Å². The van der Waals surface area contributed by atoms with Crippen molar-refractivity contribution in [2.45, 2.75) is 19.3 Å². The van der Waals surface area contributed by atoms with E-state index in [1.165, 1.54) is 12.8 Å². The summed E-state index contributed by atoms with van der Waals surface area (Å²) in [4.78, 5) is 13.6. The van der Waals surface area contributed by atoms with Crippen molar-refractivity contribution in [1.29, 1.82) is 5.41 Å². The third-order valence-electron chi connectivity index (χ3n) is 2.83. The predicted molar refractivity (Wildman–Crippen MR) is 53.9 cm³/mol. The van der Waals surface area contributed by atoms with Crippen LogP contribution in [0.4, 0.5) is 0 Å². The van der Waals surface area contributed by atoms with E-state index in [1.807, 2.05) is 4.90 Å². The summed E-state index contributed by atoms with van der Waals surface area (Å²) in [5.41, 5.74) is 6.62. The van der Waals surface area contributed by atoms with Crippen molar-refractivity contribution in [2.75, 3.05) is 13.1 Å². The van der Waals surface area contributed by atoms with Crippen LogP contribution in [0.1, 0.15) is 19.3 Å². The van der Waals surface area contributed by atoms with Gasteiger partial charge in [-0.25, -0.2) is 0 Å². The Bertz CT molecular complexity index is 304. The highest BCUT2D eigenvalue weighted by Gasteiger charge is 2.30. The second-order valence-corrected chi connectivity index (χ2v) is 4.03. The summed E-state index contributed by atoms with van der Waals surface area (Å²) < 4.78 is 0. The molecule has 2 rings (SSSR count). The lowest BCUT2D eigenvalue weighted by atomic mass is 10.1. The van der Waals surface area contributed by atoms with E-state index in [0.29, 0.717) is 23.6 Å². The Morgan fingerprint density at radius 3 is 2.86 bits per heavy atom. The van der Waals surface area contributed by atoms with E-state index in [4.69, 9.17) is 11.1 Å². The van der Waals surface area contributed by atoms with E-state index >= 15 is 0 Å². The number of hydrogen-bond donors (Lipinski definition) is 2. The van der Waals surface area contributed by atoms with Gasteiger partial charge in [-0.15, -0.1) is 0 Å². The van der Waals surface area contributed by atoms with Gasteiger partial charge in [0.15, 0.2) is 0 Å². The van der Waals surface area contributed by atoms with Crippen LogP contribution in [-0.4, -0.2) is 30.1 Å². The maximum Gasteiger partial charge on any atom is 0.257 e. The quantitative estimate of drug-likeness (QED) is 0.640. The van der Waals surface area contributed by atoms with Crippen LogP contribution in [0.5, 0.6) is 0 Å². The van der Waals surface area contributed by atoms with Crippen molar-refractivity contribution in [3.63, 3.8) is 0 Å². The summed E-state index contributed by atoms with van der Waals surface area (Å²) in [5.74, 6) is 0.640. The van der Waals surface area contributed by atoms with Gasteiger partial charge < -0.3 is 16.0 Å². The first-order chi connectivity index (χ1) is 6.72. The van der Waals surface area contributed by atoms with Crippen molar-refractivity contribution >= 4 is 12.1 Å². The summed E-state index contributed by atoms with van der Waals surface area (Å²) in [5, 5.41) is 7.14. The minimum atomic E-state index is -0.0596. The molecule has 1 aliphatic heterocycles. The number of hydrogen-bond acceptors (Lipinski definition) is 3. The molecule has 1 saturated carbocycles. The summed E-state index contributed by atoms with van der Waals surface area (Å²) >= 11 is 0. The summed E-state index contributed by atoms with van der Waals surface area (Å²) in [6.45, 7) is 1.57. The van der Waals surface area contributed by atoms with E-state index in [1.54, 1.807) is 0 Å². The monoisotopic (exact) mass is 193 g/mol. The molecule has 4 nitrogen and oxygen atoms in total. The molecular weight excluding hydrogens is 178 g/mol. The van der Waals surface area contributed by atoms with E-state index < -0.39 is 0 Å². The second-order valence-electron chi connectivity index (χ2n) is 4.03. The Morgan fingerprint density at radius 2 is 2.29 bits per heavy atom. The molecule has 1 amide bonds. The lowest BCUT2D eigenvalue weighted by Gasteiger charge is -2.27. The standard InChI is InChI=1S/C10H15N3O/c11-5-8-9(12)3-4-13(10(8)14)6-7-1-2-7/h5,7,11H,1-4,6,12H2. The first kappa shape index (κ1) is 9.24. The third-order valence-corrected chi connectivity index (χ3v) is 2.83. The van der Waals surface area contributed by atoms with Crippen LogP contribution in [0.15, 0.2) is 11.3 Å². The van der Waals surface area contributed by atoms with Gasteiger partial charge in [-0.05, 0) is 18.8 Å². The molecule has 4 heteroatoms. The summed E-state index contributed by atoms with van der Waals surface area (Å²) in [6.07, 6.45) is 4.27. The summed E-state index contributed by atoms with van der Waals surface area (Å²) in [6, 6.07) is 0. The van der Waals surface area contributed by atoms with Crippen molar-refractivity contribution in [3.05, 3.63) is 11.3 Å². The molecule has 14 heavy (non-hydrogen) atoms. The molecule has 0 aromatic carbocycles.